The third kappa shape index (κ3) is 2.83. The Morgan fingerprint density at radius 2 is 1.76 bits per heavy atom. The zero-order valence-corrected chi connectivity index (χ0v) is 14.5. The third-order valence-electron chi connectivity index (χ3n) is 5.41. The van der Waals surface area contributed by atoms with Gasteiger partial charge in [0.05, 0.1) is 23.7 Å². The Bertz CT molecular complexity index is 759. The lowest BCUT2D eigenvalue weighted by atomic mass is 9.79. The highest BCUT2D eigenvalue weighted by Gasteiger charge is 2.57. The molecule has 3 N–H and O–H groups in total. The largest absolute Gasteiger partial charge is 0.481 e. The molecule has 2 bridgehead atoms. The highest BCUT2D eigenvalue weighted by Crippen LogP contribution is 2.57. The summed E-state index contributed by atoms with van der Waals surface area (Å²) in [6.45, 7) is 5.57. The van der Waals surface area contributed by atoms with Crippen LogP contribution in [-0.4, -0.2) is 22.9 Å². The summed E-state index contributed by atoms with van der Waals surface area (Å²) in [6, 6.07) is 1.51. The molecule has 1 aromatic rings. The van der Waals surface area contributed by atoms with Crippen LogP contribution in [0.25, 0.3) is 0 Å². The van der Waals surface area contributed by atoms with Crippen molar-refractivity contribution in [2.75, 3.05) is 0 Å². The molecule has 7 heteroatoms. The highest BCUT2D eigenvalue weighted by molar-refractivity contribution is 5.97. The van der Waals surface area contributed by atoms with Gasteiger partial charge in [-0.3, -0.25) is 25.2 Å². The summed E-state index contributed by atoms with van der Waals surface area (Å²) in [5, 5.41) is 9.62. The lowest BCUT2D eigenvalue weighted by Crippen LogP contribution is -2.48. The van der Waals surface area contributed by atoms with Crippen LogP contribution in [-0.2, 0) is 9.59 Å². The average Bonchev–Trinajstić information content (AvgIpc) is 3.24. The SMILES string of the molecule is CC(C)=C1[C@H]2CC[C@@H]1[C@@H](C(=O)O)[C@@H]2C(=O)NNC(=O)c1ccoc1C. The number of aryl methyl sites for hydroxylation is 1. The molecule has 3 rings (SSSR count). The molecular formula is C18H22N2O5. The van der Waals surface area contributed by atoms with Crippen molar-refractivity contribution in [2.45, 2.75) is 33.6 Å². The summed E-state index contributed by atoms with van der Waals surface area (Å²) in [4.78, 5) is 36.5. The van der Waals surface area contributed by atoms with E-state index in [-0.39, 0.29) is 11.8 Å². The molecule has 2 aliphatic rings. The van der Waals surface area contributed by atoms with Crippen molar-refractivity contribution < 1.29 is 23.9 Å². The van der Waals surface area contributed by atoms with Crippen LogP contribution in [0.15, 0.2) is 27.9 Å². The third-order valence-corrected chi connectivity index (χ3v) is 5.41. The van der Waals surface area contributed by atoms with Crippen molar-refractivity contribution in [1.29, 1.82) is 0 Å². The number of hydrogen-bond donors (Lipinski definition) is 3. The number of carboxylic acid groups (broad SMARTS) is 1. The Kier molecular flexibility index (Phi) is 4.41. The number of carboxylic acids is 1. The fourth-order valence-electron chi connectivity index (χ4n) is 4.49. The number of fused-ring (bicyclic) bond motifs is 2. The normalized spacial score (nSPS) is 27.2. The first-order valence-electron chi connectivity index (χ1n) is 8.37. The van der Waals surface area contributed by atoms with Gasteiger partial charge in [0.1, 0.15) is 5.76 Å². The van der Waals surface area contributed by atoms with E-state index in [1.54, 1.807) is 6.92 Å². The second-order valence-corrected chi connectivity index (χ2v) is 6.97. The molecule has 0 radical (unpaired) electrons. The minimum Gasteiger partial charge on any atom is -0.481 e. The van der Waals surface area contributed by atoms with E-state index in [1.807, 2.05) is 13.8 Å². The predicted octanol–water partition coefficient (Wildman–Crippen LogP) is 2.04. The van der Waals surface area contributed by atoms with Gasteiger partial charge in [0.2, 0.25) is 5.91 Å². The second kappa shape index (κ2) is 6.38. The van der Waals surface area contributed by atoms with Crippen molar-refractivity contribution in [3.63, 3.8) is 0 Å². The number of amides is 2. The lowest BCUT2D eigenvalue weighted by Gasteiger charge is -2.26. The molecule has 0 spiro atoms. The van der Waals surface area contributed by atoms with Crippen LogP contribution in [0.3, 0.4) is 0 Å². The lowest BCUT2D eigenvalue weighted by molar-refractivity contribution is -0.149. The Morgan fingerprint density at radius 1 is 1.12 bits per heavy atom. The van der Waals surface area contributed by atoms with E-state index in [0.717, 1.165) is 24.0 Å². The van der Waals surface area contributed by atoms with Crippen LogP contribution >= 0.6 is 0 Å². The van der Waals surface area contributed by atoms with Crippen molar-refractivity contribution in [3.05, 3.63) is 34.8 Å². The second-order valence-electron chi connectivity index (χ2n) is 6.97. The predicted molar refractivity (Wildman–Crippen MR) is 88.3 cm³/mol. The van der Waals surface area contributed by atoms with Gasteiger partial charge in [0, 0.05) is 0 Å². The Morgan fingerprint density at radius 3 is 2.28 bits per heavy atom. The number of rotatable bonds is 3. The number of hydrogen-bond acceptors (Lipinski definition) is 4. The molecule has 1 aromatic heterocycles. The Labute approximate surface area is 145 Å². The van der Waals surface area contributed by atoms with Gasteiger partial charge in [0.15, 0.2) is 0 Å². The van der Waals surface area contributed by atoms with E-state index in [9.17, 15) is 19.5 Å². The van der Waals surface area contributed by atoms with Crippen LogP contribution in [0.4, 0.5) is 0 Å². The molecule has 2 amide bonds. The number of allylic oxidation sites excluding steroid dienone is 2. The summed E-state index contributed by atoms with van der Waals surface area (Å²) < 4.78 is 5.06. The average molecular weight is 346 g/mol. The van der Waals surface area contributed by atoms with Gasteiger partial charge in [-0.2, -0.15) is 0 Å². The first kappa shape index (κ1) is 17.3. The summed E-state index contributed by atoms with van der Waals surface area (Å²) in [5.74, 6) is -3.00. The van der Waals surface area contributed by atoms with Gasteiger partial charge in [-0.15, -0.1) is 0 Å². The molecular weight excluding hydrogens is 324 g/mol. The molecule has 2 aliphatic carbocycles. The molecule has 0 aliphatic heterocycles. The van der Waals surface area contributed by atoms with E-state index in [0.29, 0.717) is 11.3 Å². The number of nitrogens with one attached hydrogen (secondary N) is 2. The van der Waals surface area contributed by atoms with Crippen LogP contribution in [0.5, 0.6) is 0 Å². The van der Waals surface area contributed by atoms with Crippen molar-refractivity contribution in [2.24, 2.45) is 23.7 Å². The fourth-order valence-corrected chi connectivity index (χ4v) is 4.49. The minimum absolute atomic E-state index is 0.0661. The van der Waals surface area contributed by atoms with Gasteiger partial charge in [0.25, 0.3) is 5.91 Å². The maximum absolute atomic E-state index is 12.6. The molecule has 2 fully saturated rings. The molecule has 1 heterocycles. The smallest absolute Gasteiger partial charge is 0.307 e. The van der Waals surface area contributed by atoms with Gasteiger partial charge < -0.3 is 9.52 Å². The van der Waals surface area contributed by atoms with Crippen LogP contribution in [0.1, 0.15) is 42.8 Å². The van der Waals surface area contributed by atoms with E-state index in [2.05, 4.69) is 10.9 Å². The van der Waals surface area contributed by atoms with Crippen molar-refractivity contribution in [3.8, 4) is 0 Å². The Hall–Kier alpha value is -2.57. The van der Waals surface area contributed by atoms with Crippen LogP contribution in [0.2, 0.25) is 0 Å². The molecule has 134 valence electrons. The zero-order valence-electron chi connectivity index (χ0n) is 14.5. The van der Waals surface area contributed by atoms with Crippen LogP contribution in [0, 0.1) is 30.6 Å². The minimum atomic E-state index is -0.955. The molecule has 25 heavy (non-hydrogen) atoms. The summed E-state index contributed by atoms with van der Waals surface area (Å²) in [5.41, 5.74) is 7.28. The summed E-state index contributed by atoms with van der Waals surface area (Å²) in [6.07, 6.45) is 3.00. The van der Waals surface area contributed by atoms with Gasteiger partial charge in [-0.1, -0.05) is 11.1 Å². The van der Waals surface area contributed by atoms with E-state index in [1.165, 1.54) is 12.3 Å². The van der Waals surface area contributed by atoms with E-state index in [4.69, 9.17) is 4.42 Å². The fraction of sp³-hybridized carbons (Fsp3) is 0.500. The highest BCUT2D eigenvalue weighted by atomic mass is 16.4. The molecule has 7 nitrogen and oxygen atoms in total. The van der Waals surface area contributed by atoms with Gasteiger partial charge in [-0.05, 0) is 51.5 Å². The molecule has 0 unspecified atom stereocenters. The zero-order chi connectivity index (χ0) is 18.3. The monoisotopic (exact) mass is 346 g/mol. The van der Waals surface area contributed by atoms with E-state index >= 15 is 0 Å². The standard InChI is InChI=1S/C18H22N2O5/c1-8(2)13-11-4-5-12(13)15(18(23)24)14(11)17(22)20-19-16(21)10-6-7-25-9(10)3/h6-7,11-12,14-15H,4-5H2,1-3H3,(H,19,21)(H,20,22)(H,23,24)/t11-,12+,14-,15-/m1/s1. The maximum atomic E-state index is 12.6. The summed E-state index contributed by atoms with van der Waals surface area (Å²) >= 11 is 0. The summed E-state index contributed by atoms with van der Waals surface area (Å²) in [7, 11) is 0. The number of furan rings is 1. The maximum Gasteiger partial charge on any atom is 0.307 e. The van der Waals surface area contributed by atoms with Crippen LogP contribution < -0.4 is 10.9 Å². The first-order valence-corrected chi connectivity index (χ1v) is 8.37. The Balaban J connectivity index is 1.75. The number of carbonyl (C=O) groups is 3. The van der Waals surface area contributed by atoms with Gasteiger partial charge >= 0.3 is 5.97 Å². The molecule has 4 atom stereocenters. The molecule has 0 saturated heterocycles. The van der Waals surface area contributed by atoms with E-state index < -0.39 is 29.6 Å². The van der Waals surface area contributed by atoms with Gasteiger partial charge in [-0.25, -0.2) is 0 Å². The number of hydrazine groups is 1. The first-order chi connectivity index (χ1) is 11.8. The topological polar surface area (TPSA) is 109 Å². The van der Waals surface area contributed by atoms with Crippen molar-refractivity contribution >= 4 is 17.8 Å². The quantitative estimate of drug-likeness (QED) is 0.573. The number of aliphatic carboxylic acids is 1. The number of carbonyl (C=O) groups excluding carboxylic acids is 2. The molecule has 2 saturated carbocycles. The van der Waals surface area contributed by atoms with Crippen molar-refractivity contribution in [1.82, 2.24) is 10.9 Å². The molecule has 0 aromatic carbocycles.